The Morgan fingerprint density at radius 2 is 2.07 bits per heavy atom. The van der Waals surface area contributed by atoms with E-state index in [0.717, 1.165) is 43.6 Å². The maximum Gasteiger partial charge on any atom is 0.234 e. The minimum absolute atomic E-state index is 0.214. The van der Waals surface area contributed by atoms with E-state index in [2.05, 4.69) is 32.4 Å². The summed E-state index contributed by atoms with van der Waals surface area (Å²) in [6.45, 7) is 3.89. The second-order valence-electron chi connectivity index (χ2n) is 7.24. The van der Waals surface area contributed by atoms with Gasteiger partial charge in [-0.1, -0.05) is 12.1 Å². The molecule has 0 radical (unpaired) electrons. The van der Waals surface area contributed by atoms with Gasteiger partial charge in [0, 0.05) is 25.2 Å². The molecule has 1 fully saturated rings. The molecule has 0 aliphatic carbocycles. The largest absolute Gasteiger partial charge is 0.481 e. The number of rotatable bonds is 7. The van der Waals surface area contributed by atoms with E-state index in [1.807, 2.05) is 6.07 Å². The lowest BCUT2D eigenvalue weighted by molar-refractivity contribution is 0.396. The molecule has 1 aromatic heterocycles. The molecule has 2 N–H and O–H groups in total. The summed E-state index contributed by atoms with van der Waals surface area (Å²) in [6.07, 6.45) is 5.29. The first-order valence-corrected chi connectivity index (χ1v) is 10.4. The molecule has 2 heterocycles. The molecular formula is C21H28FN5OS. The van der Waals surface area contributed by atoms with Crippen molar-refractivity contribution in [2.24, 2.45) is 0 Å². The van der Waals surface area contributed by atoms with E-state index in [4.69, 9.17) is 17.0 Å². The molecule has 1 aliphatic rings. The summed E-state index contributed by atoms with van der Waals surface area (Å²) in [4.78, 5) is 11.3. The van der Waals surface area contributed by atoms with Crippen molar-refractivity contribution in [2.45, 2.75) is 45.1 Å². The highest BCUT2D eigenvalue weighted by molar-refractivity contribution is 7.80. The lowest BCUT2D eigenvalue weighted by atomic mass is 10.0. The summed E-state index contributed by atoms with van der Waals surface area (Å²) in [5.74, 6) is 1.57. The van der Waals surface area contributed by atoms with Crippen molar-refractivity contribution in [3.63, 3.8) is 0 Å². The van der Waals surface area contributed by atoms with Crippen molar-refractivity contribution in [3.8, 4) is 5.88 Å². The summed E-state index contributed by atoms with van der Waals surface area (Å²) in [7, 11) is 1.60. The van der Waals surface area contributed by atoms with Crippen LogP contribution in [0.25, 0.3) is 0 Å². The van der Waals surface area contributed by atoms with E-state index < -0.39 is 0 Å². The number of halogens is 1. The summed E-state index contributed by atoms with van der Waals surface area (Å²) in [5.41, 5.74) is 1.10. The monoisotopic (exact) mass is 417 g/mol. The van der Waals surface area contributed by atoms with Crippen molar-refractivity contribution in [3.05, 3.63) is 41.7 Å². The van der Waals surface area contributed by atoms with Gasteiger partial charge in [0.05, 0.1) is 7.11 Å². The Labute approximate surface area is 176 Å². The van der Waals surface area contributed by atoms with Gasteiger partial charge in [0.25, 0.3) is 0 Å². The van der Waals surface area contributed by atoms with Crippen LogP contribution in [0.15, 0.2) is 30.3 Å². The SMILES string of the molecule is COc1cc(N2CCCC[C@H]2C)nc(NC(=S)NCCCc2ccc(F)cc2)n1. The molecule has 2 aromatic rings. The molecule has 3 rings (SSSR count). The predicted octanol–water partition coefficient (Wildman–Crippen LogP) is 3.92. The van der Waals surface area contributed by atoms with Gasteiger partial charge >= 0.3 is 0 Å². The average molecular weight is 418 g/mol. The molecule has 0 bridgehead atoms. The molecule has 156 valence electrons. The number of aromatic nitrogens is 2. The highest BCUT2D eigenvalue weighted by Gasteiger charge is 2.21. The summed E-state index contributed by atoms with van der Waals surface area (Å²) in [5, 5.41) is 6.70. The smallest absolute Gasteiger partial charge is 0.234 e. The molecule has 1 atom stereocenters. The lowest BCUT2D eigenvalue weighted by Crippen LogP contribution is -2.38. The first kappa shape index (κ1) is 21.2. The number of nitrogens with one attached hydrogen (secondary N) is 2. The highest BCUT2D eigenvalue weighted by atomic mass is 32.1. The maximum absolute atomic E-state index is 12.9. The Morgan fingerprint density at radius 1 is 1.28 bits per heavy atom. The Kier molecular flexibility index (Phi) is 7.57. The molecule has 1 saturated heterocycles. The summed E-state index contributed by atoms with van der Waals surface area (Å²) < 4.78 is 18.3. The summed E-state index contributed by atoms with van der Waals surface area (Å²) in [6, 6.07) is 8.88. The van der Waals surface area contributed by atoms with E-state index in [1.165, 1.54) is 18.6 Å². The Morgan fingerprint density at radius 3 is 2.79 bits per heavy atom. The van der Waals surface area contributed by atoms with Crippen LogP contribution in [-0.2, 0) is 6.42 Å². The van der Waals surface area contributed by atoms with Crippen molar-refractivity contribution in [1.29, 1.82) is 0 Å². The van der Waals surface area contributed by atoms with Crippen LogP contribution in [0, 0.1) is 5.82 Å². The number of piperidine rings is 1. The van der Waals surface area contributed by atoms with Gasteiger partial charge in [0.15, 0.2) is 5.11 Å². The Balaban J connectivity index is 1.53. The first-order chi connectivity index (χ1) is 14.0. The maximum atomic E-state index is 12.9. The second kappa shape index (κ2) is 10.3. The van der Waals surface area contributed by atoms with Crippen LogP contribution in [0.4, 0.5) is 16.2 Å². The molecular weight excluding hydrogens is 389 g/mol. The topological polar surface area (TPSA) is 62.3 Å². The van der Waals surface area contributed by atoms with Gasteiger partial charge in [-0.25, -0.2) is 4.39 Å². The molecule has 0 spiro atoms. The van der Waals surface area contributed by atoms with Crippen LogP contribution in [0.1, 0.15) is 38.2 Å². The zero-order chi connectivity index (χ0) is 20.6. The number of anilines is 2. The van der Waals surface area contributed by atoms with Gasteiger partial charge in [-0.3, -0.25) is 0 Å². The zero-order valence-electron chi connectivity index (χ0n) is 16.9. The van der Waals surface area contributed by atoms with Crippen LogP contribution < -0.4 is 20.3 Å². The fraction of sp³-hybridized carbons (Fsp3) is 0.476. The lowest BCUT2D eigenvalue weighted by Gasteiger charge is -2.34. The Bertz CT molecular complexity index is 817. The number of aryl methyl sites for hydroxylation is 1. The number of nitrogens with zero attached hydrogens (tertiary/aromatic N) is 3. The highest BCUT2D eigenvalue weighted by Crippen LogP contribution is 2.26. The van der Waals surface area contributed by atoms with E-state index in [1.54, 1.807) is 19.2 Å². The Hall–Kier alpha value is -2.48. The minimum Gasteiger partial charge on any atom is -0.481 e. The van der Waals surface area contributed by atoms with Gasteiger partial charge in [0.1, 0.15) is 11.6 Å². The van der Waals surface area contributed by atoms with Gasteiger partial charge in [-0.15, -0.1) is 0 Å². The van der Waals surface area contributed by atoms with Crippen molar-refractivity contribution < 1.29 is 9.13 Å². The molecule has 1 aromatic carbocycles. The second-order valence-corrected chi connectivity index (χ2v) is 7.65. The third kappa shape index (κ3) is 6.25. The van der Waals surface area contributed by atoms with Gasteiger partial charge in [-0.2, -0.15) is 9.97 Å². The third-order valence-corrected chi connectivity index (χ3v) is 5.31. The van der Waals surface area contributed by atoms with E-state index in [-0.39, 0.29) is 5.82 Å². The van der Waals surface area contributed by atoms with Crippen LogP contribution in [-0.4, -0.2) is 41.3 Å². The van der Waals surface area contributed by atoms with Crippen LogP contribution in [0.2, 0.25) is 0 Å². The van der Waals surface area contributed by atoms with E-state index in [9.17, 15) is 4.39 Å². The van der Waals surface area contributed by atoms with Crippen molar-refractivity contribution in [2.75, 3.05) is 30.4 Å². The molecule has 0 unspecified atom stereocenters. The van der Waals surface area contributed by atoms with E-state index >= 15 is 0 Å². The standard InChI is InChI=1S/C21H28FN5OS/c1-15-6-3-4-13-27(15)18-14-19(28-2)25-20(24-18)26-21(29)23-12-5-7-16-8-10-17(22)11-9-16/h8-11,14-15H,3-7,12-13H2,1-2H3,(H2,23,24,25,26,29)/t15-/m1/s1. The van der Waals surface area contributed by atoms with Gasteiger partial charge in [0.2, 0.25) is 11.8 Å². The predicted molar refractivity (Wildman–Crippen MR) is 118 cm³/mol. The fourth-order valence-electron chi connectivity index (χ4n) is 3.45. The average Bonchev–Trinajstić information content (AvgIpc) is 2.72. The molecule has 29 heavy (non-hydrogen) atoms. The molecule has 0 amide bonds. The zero-order valence-corrected chi connectivity index (χ0v) is 17.8. The molecule has 0 saturated carbocycles. The van der Waals surface area contributed by atoms with Gasteiger partial charge in [-0.05, 0) is 68.9 Å². The van der Waals surface area contributed by atoms with Crippen molar-refractivity contribution in [1.82, 2.24) is 15.3 Å². The number of hydrogen-bond donors (Lipinski definition) is 2. The van der Waals surface area contributed by atoms with Crippen molar-refractivity contribution >= 4 is 29.1 Å². The number of thiocarbonyl (C=S) groups is 1. The van der Waals surface area contributed by atoms with Gasteiger partial charge < -0.3 is 20.3 Å². The number of ether oxygens (including phenoxy) is 1. The van der Waals surface area contributed by atoms with Crippen LogP contribution in [0.5, 0.6) is 5.88 Å². The summed E-state index contributed by atoms with van der Waals surface area (Å²) >= 11 is 5.38. The normalized spacial score (nSPS) is 16.4. The quantitative estimate of drug-likeness (QED) is 0.523. The first-order valence-electron chi connectivity index (χ1n) is 10.0. The fourth-order valence-corrected chi connectivity index (χ4v) is 3.64. The minimum atomic E-state index is -0.214. The molecule has 6 nitrogen and oxygen atoms in total. The number of benzene rings is 1. The van der Waals surface area contributed by atoms with Crippen LogP contribution in [0.3, 0.4) is 0 Å². The molecule has 8 heteroatoms. The number of hydrogen-bond acceptors (Lipinski definition) is 5. The van der Waals surface area contributed by atoms with E-state index in [0.29, 0.717) is 29.5 Å². The van der Waals surface area contributed by atoms with Crippen LogP contribution >= 0.6 is 12.2 Å². The third-order valence-electron chi connectivity index (χ3n) is 5.06. The number of methoxy groups -OCH3 is 1. The molecule has 1 aliphatic heterocycles.